The highest BCUT2D eigenvalue weighted by molar-refractivity contribution is 6.57. The highest BCUT2D eigenvalue weighted by Crippen LogP contribution is 2.30. The van der Waals surface area contributed by atoms with Gasteiger partial charge in [-0.3, -0.25) is 19.2 Å². The van der Waals surface area contributed by atoms with Crippen LogP contribution in [0.15, 0.2) is 48.5 Å². The summed E-state index contributed by atoms with van der Waals surface area (Å²) in [5.74, 6) is -3.11. The molecule has 160 valence electrons. The van der Waals surface area contributed by atoms with Gasteiger partial charge in [0.1, 0.15) is 0 Å². The molecule has 8 heteroatoms. The molecule has 1 unspecified atom stereocenters. The SMILES string of the molecule is NCc1cccc(C2CCN(C(=O)c3cccc(N4C(=O)C(=O)C(O)C4=O)c3)CC2)c1. The molecule has 4 rings (SSSR count). The minimum absolute atomic E-state index is 0.0965. The third-order valence-corrected chi connectivity index (χ3v) is 5.91. The number of hydrogen-bond acceptors (Lipinski definition) is 6. The molecule has 1 atom stereocenters. The molecule has 2 aliphatic rings. The van der Waals surface area contributed by atoms with Crippen molar-refractivity contribution in [2.75, 3.05) is 18.0 Å². The Hall–Kier alpha value is -3.36. The molecule has 0 saturated carbocycles. The molecule has 3 N–H and O–H groups in total. The predicted molar refractivity (Wildman–Crippen MR) is 112 cm³/mol. The van der Waals surface area contributed by atoms with Gasteiger partial charge in [-0.25, -0.2) is 4.90 Å². The Bertz CT molecular complexity index is 1060. The van der Waals surface area contributed by atoms with Crippen LogP contribution < -0.4 is 10.6 Å². The zero-order valence-corrected chi connectivity index (χ0v) is 16.9. The molecule has 0 aliphatic carbocycles. The van der Waals surface area contributed by atoms with Gasteiger partial charge in [-0.15, -0.1) is 0 Å². The van der Waals surface area contributed by atoms with E-state index in [1.165, 1.54) is 17.7 Å². The maximum absolute atomic E-state index is 13.0. The van der Waals surface area contributed by atoms with E-state index in [-0.39, 0.29) is 11.6 Å². The Morgan fingerprint density at radius 2 is 1.74 bits per heavy atom. The van der Waals surface area contributed by atoms with Gasteiger partial charge in [-0.2, -0.15) is 0 Å². The van der Waals surface area contributed by atoms with E-state index in [9.17, 15) is 24.3 Å². The lowest BCUT2D eigenvalue weighted by Crippen LogP contribution is -2.38. The molecule has 0 aromatic heterocycles. The average molecular weight is 421 g/mol. The number of carbonyl (C=O) groups excluding carboxylic acids is 4. The molecule has 2 aromatic rings. The van der Waals surface area contributed by atoms with Gasteiger partial charge in [0.2, 0.25) is 6.10 Å². The molecule has 3 amide bonds. The van der Waals surface area contributed by atoms with Crippen LogP contribution in [0, 0.1) is 0 Å². The van der Waals surface area contributed by atoms with Gasteiger partial charge in [0, 0.05) is 25.2 Å². The van der Waals surface area contributed by atoms with E-state index in [1.807, 2.05) is 12.1 Å². The summed E-state index contributed by atoms with van der Waals surface area (Å²) in [6.07, 6.45) is -0.337. The van der Waals surface area contributed by atoms with E-state index in [0.29, 0.717) is 36.0 Å². The Balaban J connectivity index is 1.46. The van der Waals surface area contributed by atoms with E-state index in [2.05, 4.69) is 12.1 Å². The number of benzene rings is 2. The largest absolute Gasteiger partial charge is 0.376 e. The lowest BCUT2D eigenvalue weighted by molar-refractivity contribution is -0.138. The first-order valence-electron chi connectivity index (χ1n) is 10.2. The maximum atomic E-state index is 13.0. The van der Waals surface area contributed by atoms with E-state index >= 15 is 0 Å². The number of imide groups is 1. The van der Waals surface area contributed by atoms with Crippen molar-refractivity contribution in [3.63, 3.8) is 0 Å². The summed E-state index contributed by atoms with van der Waals surface area (Å²) in [7, 11) is 0. The fraction of sp³-hybridized carbons (Fsp3) is 0.304. The summed E-state index contributed by atoms with van der Waals surface area (Å²) in [6.45, 7) is 1.66. The number of likely N-dealkylation sites (tertiary alicyclic amines) is 1. The molecule has 2 heterocycles. The summed E-state index contributed by atoms with van der Waals surface area (Å²) in [4.78, 5) is 51.1. The van der Waals surface area contributed by atoms with Crippen LogP contribution in [0.25, 0.3) is 0 Å². The number of carbonyl (C=O) groups is 4. The van der Waals surface area contributed by atoms with Gasteiger partial charge in [0.05, 0.1) is 5.69 Å². The number of rotatable bonds is 4. The van der Waals surface area contributed by atoms with Crippen molar-refractivity contribution in [3.8, 4) is 0 Å². The van der Waals surface area contributed by atoms with Crippen molar-refractivity contribution < 1.29 is 24.3 Å². The van der Waals surface area contributed by atoms with Crippen molar-refractivity contribution in [2.45, 2.75) is 31.4 Å². The average Bonchev–Trinajstić information content (AvgIpc) is 3.01. The van der Waals surface area contributed by atoms with Crippen molar-refractivity contribution in [3.05, 3.63) is 65.2 Å². The summed E-state index contributed by atoms with van der Waals surface area (Å²) in [6, 6.07) is 14.2. The van der Waals surface area contributed by atoms with Gasteiger partial charge < -0.3 is 15.7 Å². The van der Waals surface area contributed by atoms with Crippen LogP contribution in [-0.2, 0) is 20.9 Å². The van der Waals surface area contributed by atoms with E-state index in [0.717, 1.165) is 18.4 Å². The second kappa shape index (κ2) is 8.41. The molecular formula is C23H23N3O5. The molecule has 0 radical (unpaired) electrons. The van der Waals surface area contributed by atoms with Gasteiger partial charge in [-0.1, -0.05) is 30.3 Å². The number of nitrogens with two attached hydrogens (primary N) is 1. The standard InChI is InChI=1S/C23H23N3O5/c24-13-14-3-1-4-16(11-14)15-7-9-25(10-8-15)21(29)17-5-2-6-18(12-17)26-22(30)19(27)20(28)23(26)31/h1-6,11-12,15,19,27H,7-10,13,24H2. The van der Waals surface area contributed by atoms with Crippen LogP contribution in [0.1, 0.15) is 40.2 Å². The Morgan fingerprint density at radius 1 is 1.03 bits per heavy atom. The van der Waals surface area contributed by atoms with Gasteiger partial charge in [0.15, 0.2) is 0 Å². The predicted octanol–water partition coefficient (Wildman–Crippen LogP) is 0.968. The van der Waals surface area contributed by atoms with E-state index < -0.39 is 23.7 Å². The lowest BCUT2D eigenvalue weighted by atomic mass is 9.88. The van der Waals surface area contributed by atoms with Crippen molar-refractivity contribution in [1.82, 2.24) is 4.90 Å². The van der Waals surface area contributed by atoms with Crippen LogP contribution in [0.5, 0.6) is 0 Å². The highest BCUT2D eigenvalue weighted by Gasteiger charge is 2.46. The first-order valence-corrected chi connectivity index (χ1v) is 10.2. The molecule has 8 nitrogen and oxygen atoms in total. The third-order valence-electron chi connectivity index (χ3n) is 5.91. The number of anilines is 1. The van der Waals surface area contributed by atoms with E-state index in [1.54, 1.807) is 17.0 Å². The number of amides is 3. The minimum atomic E-state index is -1.98. The summed E-state index contributed by atoms with van der Waals surface area (Å²) in [5, 5.41) is 9.56. The van der Waals surface area contributed by atoms with Gasteiger partial charge in [0.25, 0.3) is 17.6 Å². The van der Waals surface area contributed by atoms with Gasteiger partial charge in [-0.05, 0) is 48.1 Å². The second-order valence-corrected chi connectivity index (χ2v) is 7.81. The van der Waals surface area contributed by atoms with Crippen LogP contribution >= 0.6 is 0 Å². The molecular weight excluding hydrogens is 398 g/mol. The number of Topliss-reactive ketones (excluding diaryl/α,β-unsaturated/α-hetero) is 1. The molecule has 2 saturated heterocycles. The smallest absolute Gasteiger partial charge is 0.304 e. The number of hydrogen-bond donors (Lipinski definition) is 2. The monoisotopic (exact) mass is 421 g/mol. The zero-order valence-electron chi connectivity index (χ0n) is 16.9. The number of aliphatic hydroxyl groups excluding tert-OH is 1. The minimum Gasteiger partial charge on any atom is -0.376 e. The topological polar surface area (TPSA) is 121 Å². The lowest BCUT2D eigenvalue weighted by Gasteiger charge is -2.32. The maximum Gasteiger partial charge on any atom is 0.304 e. The Morgan fingerprint density at radius 3 is 2.39 bits per heavy atom. The normalized spacial score (nSPS) is 19.9. The van der Waals surface area contributed by atoms with Crippen LogP contribution in [-0.4, -0.2) is 52.7 Å². The third kappa shape index (κ3) is 3.87. The fourth-order valence-electron chi connectivity index (χ4n) is 4.16. The first-order chi connectivity index (χ1) is 14.9. The number of piperidine rings is 1. The van der Waals surface area contributed by atoms with Crippen molar-refractivity contribution in [1.29, 1.82) is 0 Å². The van der Waals surface area contributed by atoms with Crippen LogP contribution in [0.4, 0.5) is 5.69 Å². The number of aliphatic hydroxyl groups is 1. The molecule has 31 heavy (non-hydrogen) atoms. The molecule has 2 aliphatic heterocycles. The highest BCUT2D eigenvalue weighted by atomic mass is 16.3. The molecule has 0 bridgehead atoms. The second-order valence-electron chi connectivity index (χ2n) is 7.81. The van der Waals surface area contributed by atoms with Crippen molar-refractivity contribution >= 4 is 29.2 Å². The van der Waals surface area contributed by atoms with E-state index in [4.69, 9.17) is 5.73 Å². The van der Waals surface area contributed by atoms with Crippen LogP contribution in [0.2, 0.25) is 0 Å². The summed E-state index contributed by atoms with van der Waals surface area (Å²) < 4.78 is 0. The number of nitrogens with zero attached hydrogens (tertiary/aromatic N) is 2. The first kappa shape index (κ1) is 20.9. The zero-order chi connectivity index (χ0) is 22.1. The molecule has 2 aromatic carbocycles. The quantitative estimate of drug-likeness (QED) is 0.431. The number of ketones is 1. The summed E-state index contributed by atoms with van der Waals surface area (Å²) >= 11 is 0. The van der Waals surface area contributed by atoms with Crippen molar-refractivity contribution in [2.24, 2.45) is 5.73 Å². The summed E-state index contributed by atoms with van der Waals surface area (Å²) in [5.41, 5.74) is 8.46. The van der Waals surface area contributed by atoms with Gasteiger partial charge >= 0.3 is 5.91 Å². The Kier molecular flexibility index (Phi) is 5.67. The molecule has 2 fully saturated rings. The fourth-order valence-corrected chi connectivity index (χ4v) is 4.16. The molecule has 0 spiro atoms. The Labute approximate surface area is 179 Å². The van der Waals surface area contributed by atoms with Crippen LogP contribution in [0.3, 0.4) is 0 Å².